The summed E-state index contributed by atoms with van der Waals surface area (Å²) < 4.78 is 5.73. The van der Waals surface area contributed by atoms with Crippen LogP contribution in [0.4, 0.5) is 0 Å². The van der Waals surface area contributed by atoms with Crippen LogP contribution in [-0.4, -0.2) is 64.5 Å². The predicted molar refractivity (Wildman–Crippen MR) is 146 cm³/mol. The summed E-state index contributed by atoms with van der Waals surface area (Å²) in [6.45, 7) is 7.34. The van der Waals surface area contributed by atoms with E-state index in [2.05, 4.69) is 28.1 Å². The zero-order chi connectivity index (χ0) is 25.6. The molecule has 5 heterocycles. The lowest BCUT2D eigenvalue weighted by Crippen LogP contribution is -2.53. The lowest BCUT2D eigenvalue weighted by molar-refractivity contribution is -0.154. The third-order valence-corrected chi connectivity index (χ3v) is 9.52. The van der Waals surface area contributed by atoms with Crippen molar-refractivity contribution in [1.29, 1.82) is 0 Å². The molecule has 6 rings (SSSR count). The first-order chi connectivity index (χ1) is 17.8. The van der Waals surface area contributed by atoms with Crippen LogP contribution in [0.3, 0.4) is 0 Å². The number of thiophene rings is 1. The minimum Gasteiger partial charge on any atom is -0.459 e. The Morgan fingerprint density at radius 3 is 2.54 bits per heavy atom. The number of rotatable bonds is 4. The number of hydrogen-bond donors (Lipinski definition) is 1. The smallest absolute Gasteiger partial charge is 0.314 e. The molecule has 0 bridgehead atoms. The molecule has 1 spiro atoms. The third kappa shape index (κ3) is 4.64. The van der Waals surface area contributed by atoms with Crippen molar-refractivity contribution in [1.82, 2.24) is 14.8 Å². The number of amides is 1. The molecule has 3 aliphatic heterocycles. The van der Waals surface area contributed by atoms with Gasteiger partial charge in [-0.2, -0.15) is 0 Å². The number of carbonyl (C=O) groups is 2. The van der Waals surface area contributed by atoms with Crippen LogP contribution >= 0.6 is 11.3 Å². The van der Waals surface area contributed by atoms with Crippen molar-refractivity contribution in [3.8, 4) is 21.0 Å². The van der Waals surface area contributed by atoms with Gasteiger partial charge in [-0.25, -0.2) is 0 Å². The number of nitrogens with zero attached hydrogens (tertiary/aromatic N) is 2. The number of ether oxygens (including phenoxy) is 1. The van der Waals surface area contributed by atoms with E-state index in [1.54, 1.807) is 11.3 Å². The highest BCUT2D eigenvalue weighted by molar-refractivity contribution is 7.19. The van der Waals surface area contributed by atoms with Crippen LogP contribution in [0.2, 0.25) is 0 Å². The van der Waals surface area contributed by atoms with E-state index in [1.807, 2.05) is 55.3 Å². The fourth-order valence-electron chi connectivity index (χ4n) is 6.64. The van der Waals surface area contributed by atoms with Crippen molar-refractivity contribution in [2.45, 2.75) is 57.6 Å². The van der Waals surface area contributed by atoms with Gasteiger partial charge in [-0.15, -0.1) is 11.3 Å². The quantitative estimate of drug-likeness (QED) is 0.443. The zero-order valence-corrected chi connectivity index (χ0v) is 22.5. The normalized spacial score (nSPS) is 24.5. The second-order valence-corrected chi connectivity index (χ2v) is 12.6. The summed E-state index contributed by atoms with van der Waals surface area (Å²) in [7, 11) is 0. The third-order valence-electron chi connectivity index (χ3n) is 8.30. The Balaban J connectivity index is 1.17. The van der Waals surface area contributed by atoms with E-state index in [0.717, 1.165) is 84.9 Å². The summed E-state index contributed by atoms with van der Waals surface area (Å²) in [5.74, 6) is 0.0936. The predicted octanol–water partition coefficient (Wildman–Crippen LogP) is 5.82. The Morgan fingerprint density at radius 1 is 1.08 bits per heavy atom. The van der Waals surface area contributed by atoms with Crippen LogP contribution in [-0.2, 0) is 9.53 Å². The first-order valence-corrected chi connectivity index (χ1v) is 14.3. The number of aromatic nitrogens is 1. The molecule has 0 saturated carbocycles. The van der Waals surface area contributed by atoms with Gasteiger partial charge in [0.15, 0.2) is 0 Å². The second kappa shape index (κ2) is 9.44. The van der Waals surface area contributed by atoms with E-state index in [-0.39, 0.29) is 22.9 Å². The van der Waals surface area contributed by atoms with E-state index in [4.69, 9.17) is 4.74 Å². The van der Waals surface area contributed by atoms with Crippen molar-refractivity contribution < 1.29 is 14.3 Å². The molecule has 3 saturated heterocycles. The molecule has 37 heavy (non-hydrogen) atoms. The molecule has 194 valence electrons. The number of H-pyrrole nitrogens is 1. The summed E-state index contributed by atoms with van der Waals surface area (Å²) in [4.78, 5) is 36.6. The molecule has 3 aliphatic rings. The standard InChI is InChI=1S/C30H35N3O3S/c1-29(2)19-30(28(35)36-29)13-7-15-33(20-30)22-11-16-32(17-12-22)27(34)23-18-25(21-8-4-3-5-9-21)37-26(23)24-10-6-14-31-24/h3-6,8-10,14,18,22,31H,7,11-13,15-17,19-20H2,1-2H3. The second-order valence-electron chi connectivity index (χ2n) is 11.5. The molecule has 7 heteroatoms. The van der Waals surface area contributed by atoms with Gasteiger partial charge in [-0.05, 0) is 69.8 Å². The molecular formula is C30H35N3O3S. The maximum Gasteiger partial charge on any atom is 0.314 e. The fourth-order valence-corrected chi connectivity index (χ4v) is 7.79. The average molecular weight is 518 g/mol. The lowest BCUT2D eigenvalue weighted by atomic mass is 9.74. The molecule has 3 fully saturated rings. The van der Waals surface area contributed by atoms with Gasteiger partial charge in [-0.3, -0.25) is 14.5 Å². The SMILES string of the molecule is CC1(C)CC2(CCCN(C3CCN(C(=O)c4cc(-c5ccccc5)sc4-c4ccc[nH]4)CC3)C2)C(=O)O1. The van der Waals surface area contributed by atoms with E-state index in [1.165, 1.54) is 0 Å². The summed E-state index contributed by atoms with van der Waals surface area (Å²) in [5.41, 5.74) is 2.16. The molecule has 0 radical (unpaired) electrons. The molecule has 2 aromatic heterocycles. The Morgan fingerprint density at radius 2 is 1.86 bits per heavy atom. The first kappa shape index (κ1) is 24.4. The summed E-state index contributed by atoms with van der Waals surface area (Å²) in [6, 6.07) is 16.7. The highest BCUT2D eigenvalue weighted by Crippen LogP contribution is 2.47. The summed E-state index contributed by atoms with van der Waals surface area (Å²) >= 11 is 1.67. The molecule has 1 amide bonds. The van der Waals surface area contributed by atoms with Crippen molar-refractivity contribution in [3.63, 3.8) is 0 Å². The molecule has 1 N–H and O–H groups in total. The number of nitrogens with one attached hydrogen (secondary N) is 1. The van der Waals surface area contributed by atoms with Crippen LogP contribution in [0, 0.1) is 5.41 Å². The van der Waals surface area contributed by atoms with Gasteiger partial charge >= 0.3 is 5.97 Å². The van der Waals surface area contributed by atoms with Crippen LogP contribution < -0.4 is 0 Å². The van der Waals surface area contributed by atoms with Gasteiger partial charge in [0.05, 0.1) is 21.5 Å². The van der Waals surface area contributed by atoms with Crippen LogP contribution in [0.15, 0.2) is 54.7 Å². The first-order valence-electron chi connectivity index (χ1n) is 13.4. The Labute approximate surface area is 222 Å². The molecule has 1 aromatic carbocycles. The van der Waals surface area contributed by atoms with E-state index < -0.39 is 0 Å². The van der Waals surface area contributed by atoms with Gasteiger partial charge in [0.2, 0.25) is 0 Å². The summed E-state index contributed by atoms with van der Waals surface area (Å²) in [5, 5.41) is 0. The van der Waals surface area contributed by atoms with Crippen LogP contribution in [0.5, 0.6) is 0 Å². The van der Waals surface area contributed by atoms with E-state index in [9.17, 15) is 9.59 Å². The van der Waals surface area contributed by atoms with Gasteiger partial charge in [0.1, 0.15) is 5.60 Å². The topological polar surface area (TPSA) is 65.6 Å². The van der Waals surface area contributed by atoms with Gasteiger partial charge in [0, 0.05) is 43.2 Å². The number of benzene rings is 1. The number of likely N-dealkylation sites (tertiary alicyclic amines) is 2. The molecule has 6 nitrogen and oxygen atoms in total. The van der Waals surface area contributed by atoms with Crippen molar-refractivity contribution in [3.05, 3.63) is 60.3 Å². The minimum absolute atomic E-state index is 0.0154. The van der Waals surface area contributed by atoms with E-state index in [0.29, 0.717) is 6.04 Å². The van der Waals surface area contributed by atoms with Gasteiger partial charge < -0.3 is 14.6 Å². The monoisotopic (exact) mass is 517 g/mol. The number of cyclic esters (lactones) is 1. The molecule has 0 aliphatic carbocycles. The molecular weight excluding hydrogens is 482 g/mol. The number of esters is 1. The Bertz CT molecular complexity index is 1270. The van der Waals surface area contributed by atoms with E-state index >= 15 is 0 Å². The zero-order valence-electron chi connectivity index (χ0n) is 21.7. The number of aromatic amines is 1. The Kier molecular flexibility index (Phi) is 6.24. The molecule has 1 atom stereocenters. The van der Waals surface area contributed by atoms with Crippen molar-refractivity contribution in [2.75, 3.05) is 26.2 Å². The number of hydrogen-bond acceptors (Lipinski definition) is 5. The van der Waals surface area contributed by atoms with Crippen LogP contribution in [0.25, 0.3) is 21.0 Å². The highest BCUT2D eigenvalue weighted by atomic mass is 32.1. The average Bonchev–Trinajstić information content (AvgIpc) is 3.63. The molecule has 3 aromatic rings. The fraction of sp³-hybridized carbons (Fsp3) is 0.467. The number of piperidine rings is 2. The maximum atomic E-state index is 13.8. The maximum absolute atomic E-state index is 13.8. The van der Waals surface area contributed by atoms with Gasteiger partial charge in [-0.1, -0.05) is 30.3 Å². The highest BCUT2D eigenvalue weighted by Gasteiger charge is 2.54. The number of carbonyl (C=O) groups excluding carboxylic acids is 2. The molecule has 1 unspecified atom stereocenters. The minimum atomic E-state index is -0.369. The lowest BCUT2D eigenvalue weighted by Gasteiger charge is -2.44. The summed E-state index contributed by atoms with van der Waals surface area (Å²) in [6.07, 6.45) is 6.54. The van der Waals surface area contributed by atoms with Gasteiger partial charge in [0.25, 0.3) is 5.91 Å². The van der Waals surface area contributed by atoms with Crippen LogP contribution in [0.1, 0.15) is 56.3 Å². The largest absolute Gasteiger partial charge is 0.459 e. The Hall–Kier alpha value is -2.90. The van der Waals surface area contributed by atoms with Crippen molar-refractivity contribution in [2.24, 2.45) is 5.41 Å². The van der Waals surface area contributed by atoms with Crippen molar-refractivity contribution >= 4 is 23.2 Å².